The maximum atomic E-state index is 14.0. The first-order valence-corrected chi connectivity index (χ1v) is 13.5. The van der Waals surface area contributed by atoms with E-state index in [1.165, 1.54) is 57.8 Å². The number of likely N-dealkylation sites (tertiary alicyclic amines) is 1. The summed E-state index contributed by atoms with van der Waals surface area (Å²) in [5, 5.41) is 0. The number of piperidine rings is 1. The van der Waals surface area contributed by atoms with E-state index in [1.807, 2.05) is 17.2 Å². The molecule has 35 heavy (non-hydrogen) atoms. The highest BCUT2D eigenvalue weighted by Crippen LogP contribution is 2.41. The molecule has 5 rings (SSSR count). The number of halogens is 1. The molecule has 1 amide bonds. The van der Waals surface area contributed by atoms with Crippen molar-refractivity contribution in [3.05, 3.63) is 60.4 Å². The van der Waals surface area contributed by atoms with Crippen molar-refractivity contribution in [1.29, 1.82) is 0 Å². The fourth-order valence-corrected chi connectivity index (χ4v) is 6.45. The van der Waals surface area contributed by atoms with Crippen LogP contribution in [0.15, 0.2) is 54.9 Å². The van der Waals surface area contributed by atoms with Gasteiger partial charge in [-0.05, 0) is 49.4 Å². The largest absolute Gasteiger partial charge is 0.339 e. The number of pyridine rings is 1. The molecule has 3 aliphatic rings. The summed E-state index contributed by atoms with van der Waals surface area (Å²) in [7, 11) is 0. The summed E-state index contributed by atoms with van der Waals surface area (Å²) in [6, 6.07) is 15.3. The van der Waals surface area contributed by atoms with Crippen LogP contribution in [0.3, 0.4) is 0 Å². The molecule has 1 saturated carbocycles. The summed E-state index contributed by atoms with van der Waals surface area (Å²) >= 11 is 0. The van der Waals surface area contributed by atoms with E-state index in [4.69, 9.17) is 0 Å². The van der Waals surface area contributed by atoms with E-state index in [9.17, 15) is 4.79 Å². The van der Waals surface area contributed by atoms with Gasteiger partial charge < -0.3 is 14.7 Å². The van der Waals surface area contributed by atoms with Crippen LogP contribution in [0.2, 0.25) is 0 Å². The lowest BCUT2D eigenvalue weighted by molar-refractivity contribution is -0.134. The Hall–Kier alpha value is -2.11. The summed E-state index contributed by atoms with van der Waals surface area (Å²) in [4.78, 5) is 25.4. The molecule has 5 nitrogen and oxygen atoms in total. The minimum absolute atomic E-state index is 0. The monoisotopic (exact) mass is 496 g/mol. The molecule has 3 heterocycles. The zero-order valence-corrected chi connectivity index (χ0v) is 21.8. The SMILES string of the molecule is Cl.O=C1N(Cc2cccnc2)CN(c2ccccc2)C12CCN(C1CCCCCCCCC1)CC2. The lowest BCUT2D eigenvalue weighted by Gasteiger charge is -2.45. The van der Waals surface area contributed by atoms with Crippen LogP contribution in [0.1, 0.15) is 76.2 Å². The highest BCUT2D eigenvalue weighted by atomic mass is 35.5. The summed E-state index contributed by atoms with van der Waals surface area (Å²) in [6.07, 6.45) is 17.9. The van der Waals surface area contributed by atoms with E-state index in [-0.39, 0.29) is 12.4 Å². The molecular formula is C29H41ClN4O. The predicted molar refractivity (Wildman–Crippen MR) is 145 cm³/mol. The predicted octanol–water partition coefficient (Wildman–Crippen LogP) is 6.04. The van der Waals surface area contributed by atoms with Gasteiger partial charge in [-0.25, -0.2) is 0 Å². The Morgan fingerprint density at radius 1 is 0.857 bits per heavy atom. The smallest absolute Gasteiger partial charge is 0.250 e. The molecule has 2 saturated heterocycles. The number of para-hydroxylation sites is 1. The first kappa shape index (κ1) is 26.0. The van der Waals surface area contributed by atoms with Crippen molar-refractivity contribution in [3.8, 4) is 0 Å². The van der Waals surface area contributed by atoms with E-state index >= 15 is 0 Å². The van der Waals surface area contributed by atoms with Gasteiger partial charge in [0.1, 0.15) is 5.54 Å². The van der Waals surface area contributed by atoms with Crippen LogP contribution in [0.25, 0.3) is 0 Å². The molecule has 1 aliphatic carbocycles. The number of aromatic nitrogens is 1. The highest BCUT2D eigenvalue weighted by molar-refractivity contribution is 5.93. The topological polar surface area (TPSA) is 39.7 Å². The number of rotatable bonds is 4. The molecule has 0 unspecified atom stereocenters. The minimum atomic E-state index is -0.421. The van der Waals surface area contributed by atoms with E-state index in [1.54, 1.807) is 6.20 Å². The number of carbonyl (C=O) groups is 1. The van der Waals surface area contributed by atoms with Crippen LogP contribution in [0.5, 0.6) is 0 Å². The second-order valence-electron chi connectivity index (χ2n) is 10.5. The summed E-state index contributed by atoms with van der Waals surface area (Å²) < 4.78 is 0. The van der Waals surface area contributed by atoms with Gasteiger partial charge in [0.15, 0.2) is 0 Å². The Kier molecular flexibility index (Phi) is 9.07. The molecule has 1 spiro atoms. The Labute approximate surface area is 217 Å². The van der Waals surface area contributed by atoms with Crippen LogP contribution >= 0.6 is 12.4 Å². The average molecular weight is 497 g/mol. The summed E-state index contributed by atoms with van der Waals surface area (Å²) in [5.74, 6) is 0.297. The molecule has 190 valence electrons. The number of amides is 1. The first-order valence-electron chi connectivity index (χ1n) is 13.5. The fraction of sp³-hybridized carbons (Fsp3) is 0.586. The van der Waals surface area contributed by atoms with Crippen LogP contribution in [-0.4, -0.2) is 52.0 Å². The lowest BCUT2D eigenvalue weighted by Crippen LogP contribution is -2.58. The van der Waals surface area contributed by atoms with Gasteiger partial charge in [-0.1, -0.05) is 69.2 Å². The molecule has 6 heteroatoms. The second-order valence-corrected chi connectivity index (χ2v) is 10.5. The normalized spacial score (nSPS) is 22.2. The van der Waals surface area contributed by atoms with E-state index < -0.39 is 5.54 Å². The van der Waals surface area contributed by atoms with Crippen molar-refractivity contribution >= 4 is 24.0 Å². The third-order valence-electron chi connectivity index (χ3n) is 8.39. The van der Waals surface area contributed by atoms with Crippen molar-refractivity contribution in [2.45, 2.75) is 88.8 Å². The maximum absolute atomic E-state index is 14.0. The van der Waals surface area contributed by atoms with E-state index in [2.05, 4.69) is 51.2 Å². The zero-order chi connectivity index (χ0) is 23.2. The Balaban J connectivity index is 0.00000289. The van der Waals surface area contributed by atoms with Gasteiger partial charge in [0.2, 0.25) is 5.91 Å². The van der Waals surface area contributed by atoms with Crippen LogP contribution < -0.4 is 4.90 Å². The van der Waals surface area contributed by atoms with Gasteiger partial charge in [0, 0.05) is 43.8 Å². The van der Waals surface area contributed by atoms with Crippen molar-refractivity contribution in [3.63, 3.8) is 0 Å². The van der Waals surface area contributed by atoms with Gasteiger partial charge in [-0.15, -0.1) is 12.4 Å². The van der Waals surface area contributed by atoms with Gasteiger partial charge in [-0.3, -0.25) is 9.78 Å². The quantitative estimate of drug-likeness (QED) is 0.517. The molecule has 2 aromatic rings. The Morgan fingerprint density at radius 3 is 2.14 bits per heavy atom. The van der Waals surface area contributed by atoms with Crippen LogP contribution in [0, 0.1) is 0 Å². The number of hydrogen-bond donors (Lipinski definition) is 0. The van der Waals surface area contributed by atoms with Crippen LogP contribution in [0.4, 0.5) is 5.69 Å². The maximum Gasteiger partial charge on any atom is 0.250 e. The molecule has 0 atom stereocenters. The molecule has 2 aliphatic heterocycles. The average Bonchev–Trinajstić information content (AvgIpc) is 3.15. The van der Waals surface area contributed by atoms with Gasteiger partial charge in [0.25, 0.3) is 0 Å². The minimum Gasteiger partial charge on any atom is -0.339 e. The molecular weight excluding hydrogens is 456 g/mol. The third kappa shape index (κ3) is 5.83. The molecule has 0 radical (unpaired) electrons. The molecule has 0 N–H and O–H groups in total. The van der Waals surface area contributed by atoms with Gasteiger partial charge in [-0.2, -0.15) is 0 Å². The molecule has 1 aromatic heterocycles. The second kappa shape index (κ2) is 12.2. The summed E-state index contributed by atoms with van der Waals surface area (Å²) in [5.41, 5.74) is 1.84. The van der Waals surface area contributed by atoms with Crippen molar-refractivity contribution in [2.24, 2.45) is 0 Å². The lowest BCUT2D eigenvalue weighted by atomic mass is 9.84. The number of nitrogens with zero attached hydrogens (tertiary/aromatic N) is 4. The standard InChI is InChI=1S/C29H40N4O.ClH/c34-28-29(17-20-31(21-18-29)26-13-7-4-2-1-3-5-8-14-26)33(27-15-9-6-10-16-27)24-32(28)23-25-12-11-19-30-22-25;/h6,9-12,15-16,19,22,26H,1-5,7-8,13-14,17-18,20-21,23-24H2;1H. The van der Waals surface area contributed by atoms with Crippen molar-refractivity contribution < 1.29 is 4.79 Å². The zero-order valence-electron chi connectivity index (χ0n) is 21.0. The third-order valence-corrected chi connectivity index (χ3v) is 8.39. The Morgan fingerprint density at radius 2 is 1.51 bits per heavy atom. The van der Waals surface area contributed by atoms with E-state index in [0.29, 0.717) is 25.2 Å². The van der Waals surface area contributed by atoms with E-state index in [0.717, 1.165) is 37.2 Å². The first-order chi connectivity index (χ1) is 16.8. The molecule has 3 fully saturated rings. The fourth-order valence-electron chi connectivity index (χ4n) is 6.45. The number of hydrogen-bond acceptors (Lipinski definition) is 4. The summed E-state index contributed by atoms with van der Waals surface area (Å²) in [6.45, 7) is 3.34. The van der Waals surface area contributed by atoms with Crippen molar-refractivity contribution in [1.82, 2.24) is 14.8 Å². The number of anilines is 1. The van der Waals surface area contributed by atoms with Crippen molar-refractivity contribution in [2.75, 3.05) is 24.7 Å². The highest BCUT2D eigenvalue weighted by Gasteiger charge is 2.54. The molecule has 1 aromatic carbocycles. The van der Waals surface area contributed by atoms with Gasteiger partial charge in [0.05, 0.1) is 6.67 Å². The number of benzene rings is 1. The van der Waals surface area contributed by atoms with Gasteiger partial charge >= 0.3 is 0 Å². The Bertz CT molecular complexity index is 907. The van der Waals surface area contributed by atoms with Crippen LogP contribution in [-0.2, 0) is 11.3 Å². The number of carbonyl (C=O) groups excluding carboxylic acids is 1. The molecule has 0 bridgehead atoms.